The highest BCUT2D eigenvalue weighted by Gasteiger charge is 2.39. The van der Waals surface area contributed by atoms with E-state index in [-0.39, 0.29) is 6.47 Å². The molecule has 0 aromatic heterocycles. The molecule has 4 nitrogen and oxygen atoms in total. The van der Waals surface area contributed by atoms with Crippen LogP contribution in [0.1, 0.15) is 25.3 Å². The maximum Gasteiger partial charge on any atom is 0.290 e. The Morgan fingerprint density at radius 3 is 2.56 bits per heavy atom. The van der Waals surface area contributed by atoms with Crippen LogP contribution in [0.25, 0.3) is 0 Å². The van der Waals surface area contributed by atoms with Crippen LogP contribution in [0.5, 0.6) is 11.5 Å². The summed E-state index contributed by atoms with van der Waals surface area (Å²) < 4.78 is 10.6. The quantitative estimate of drug-likeness (QED) is 0.740. The highest BCUT2D eigenvalue weighted by molar-refractivity contribution is 5.47. The molecule has 2 aliphatic rings. The summed E-state index contributed by atoms with van der Waals surface area (Å²) in [6, 6.07) is 6.29. The van der Waals surface area contributed by atoms with Gasteiger partial charge in [0.1, 0.15) is 0 Å². The van der Waals surface area contributed by atoms with E-state index >= 15 is 0 Å². The van der Waals surface area contributed by atoms with Crippen LogP contribution in [0.3, 0.4) is 0 Å². The van der Waals surface area contributed by atoms with E-state index in [1.54, 1.807) is 0 Å². The number of carboxylic acid groups (broad SMARTS) is 1. The minimum absolute atomic E-state index is 0.250. The van der Waals surface area contributed by atoms with Gasteiger partial charge in [-0.1, -0.05) is 13.0 Å². The van der Waals surface area contributed by atoms with E-state index in [1.165, 1.54) is 18.4 Å². The lowest BCUT2D eigenvalue weighted by atomic mass is 9.98. The molecule has 3 rings (SSSR count). The van der Waals surface area contributed by atoms with Gasteiger partial charge in [-0.25, -0.2) is 0 Å². The van der Waals surface area contributed by atoms with Crippen LogP contribution in [0.2, 0.25) is 0 Å². The van der Waals surface area contributed by atoms with Gasteiger partial charge in [0.25, 0.3) is 6.47 Å². The Hall–Kier alpha value is -1.71. The first kappa shape index (κ1) is 10.8. The second-order valence-corrected chi connectivity index (χ2v) is 4.23. The summed E-state index contributed by atoms with van der Waals surface area (Å²) >= 11 is 0. The zero-order valence-electron chi connectivity index (χ0n) is 9.10. The van der Waals surface area contributed by atoms with E-state index < -0.39 is 0 Å². The van der Waals surface area contributed by atoms with E-state index in [2.05, 4.69) is 19.1 Å². The molecule has 4 heteroatoms. The van der Waals surface area contributed by atoms with Crippen LogP contribution < -0.4 is 9.47 Å². The summed E-state index contributed by atoms with van der Waals surface area (Å²) in [6.07, 6.45) is 2.60. The standard InChI is InChI=1S/C11H12O2.CH2O2/c1-11(4-5-11)8-2-3-9-10(6-8)13-7-12-9;2-1-3/h2-3,6H,4-5,7H2,1H3;1H,(H,2,3). The molecule has 1 saturated carbocycles. The molecule has 1 N–H and O–H groups in total. The maximum absolute atomic E-state index is 8.36. The van der Waals surface area contributed by atoms with Crippen molar-refractivity contribution in [3.63, 3.8) is 0 Å². The molecule has 0 spiro atoms. The van der Waals surface area contributed by atoms with Crippen LogP contribution in [0.4, 0.5) is 0 Å². The fourth-order valence-corrected chi connectivity index (χ4v) is 1.75. The number of fused-ring (bicyclic) bond motifs is 1. The molecule has 0 unspecified atom stereocenters. The summed E-state index contributed by atoms with van der Waals surface area (Å²) in [6.45, 7) is 2.42. The molecule has 1 aliphatic heterocycles. The van der Waals surface area contributed by atoms with Crippen molar-refractivity contribution in [2.75, 3.05) is 6.79 Å². The predicted molar refractivity (Wildman–Crippen MR) is 57.8 cm³/mol. The average molecular weight is 222 g/mol. The molecular weight excluding hydrogens is 208 g/mol. The molecular formula is C12H14O4. The summed E-state index contributed by atoms with van der Waals surface area (Å²) in [7, 11) is 0. The molecule has 1 aromatic carbocycles. The van der Waals surface area contributed by atoms with Crippen molar-refractivity contribution in [3.05, 3.63) is 23.8 Å². The number of rotatable bonds is 1. The van der Waals surface area contributed by atoms with Gasteiger partial charge in [-0.3, -0.25) is 4.79 Å². The lowest BCUT2D eigenvalue weighted by molar-refractivity contribution is -0.122. The number of benzene rings is 1. The molecule has 1 aromatic rings. The first-order valence-corrected chi connectivity index (χ1v) is 5.17. The molecule has 86 valence electrons. The summed E-state index contributed by atoms with van der Waals surface area (Å²) in [5.41, 5.74) is 1.80. The van der Waals surface area contributed by atoms with Crippen LogP contribution in [-0.4, -0.2) is 18.4 Å². The molecule has 0 radical (unpaired) electrons. The monoisotopic (exact) mass is 222 g/mol. The summed E-state index contributed by atoms with van der Waals surface area (Å²) in [4.78, 5) is 8.36. The Morgan fingerprint density at radius 1 is 1.31 bits per heavy atom. The molecule has 1 fully saturated rings. The molecule has 0 bridgehead atoms. The van der Waals surface area contributed by atoms with Crippen molar-refractivity contribution in [3.8, 4) is 11.5 Å². The fourth-order valence-electron chi connectivity index (χ4n) is 1.75. The third-order valence-electron chi connectivity index (χ3n) is 3.07. The zero-order valence-corrected chi connectivity index (χ0v) is 9.10. The molecule has 1 heterocycles. The summed E-state index contributed by atoms with van der Waals surface area (Å²) in [5.74, 6) is 1.79. The van der Waals surface area contributed by atoms with Gasteiger partial charge in [-0.15, -0.1) is 0 Å². The summed E-state index contributed by atoms with van der Waals surface area (Å²) in [5, 5.41) is 6.89. The largest absolute Gasteiger partial charge is 0.483 e. The Labute approximate surface area is 93.8 Å². The normalized spacial score (nSPS) is 18.3. The van der Waals surface area contributed by atoms with Gasteiger partial charge >= 0.3 is 0 Å². The first-order valence-electron chi connectivity index (χ1n) is 5.17. The van der Waals surface area contributed by atoms with Gasteiger partial charge in [-0.05, 0) is 36.0 Å². The maximum atomic E-state index is 8.36. The zero-order chi connectivity index (χ0) is 11.6. The lowest BCUT2D eigenvalue weighted by Gasteiger charge is -2.08. The van der Waals surface area contributed by atoms with Crippen molar-refractivity contribution in [2.45, 2.75) is 25.2 Å². The van der Waals surface area contributed by atoms with Crippen molar-refractivity contribution >= 4 is 6.47 Å². The smallest absolute Gasteiger partial charge is 0.290 e. The molecule has 1 aliphatic carbocycles. The Balaban J connectivity index is 0.000000292. The van der Waals surface area contributed by atoms with E-state index in [4.69, 9.17) is 19.4 Å². The van der Waals surface area contributed by atoms with Crippen molar-refractivity contribution < 1.29 is 19.4 Å². The first-order chi connectivity index (χ1) is 7.69. The van der Waals surface area contributed by atoms with Gasteiger partial charge in [0.2, 0.25) is 6.79 Å². The minimum atomic E-state index is -0.250. The van der Waals surface area contributed by atoms with Crippen LogP contribution in [-0.2, 0) is 10.2 Å². The number of hydrogen-bond acceptors (Lipinski definition) is 3. The van der Waals surface area contributed by atoms with Crippen LogP contribution >= 0.6 is 0 Å². The van der Waals surface area contributed by atoms with Gasteiger partial charge < -0.3 is 14.6 Å². The highest BCUT2D eigenvalue weighted by atomic mass is 16.7. The number of hydrogen-bond donors (Lipinski definition) is 1. The van der Waals surface area contributed by atoms with Gasteiger partial charge in [-0.2, -0.15) is 0 Å². The Bertz CT molecular complexity index is 396. The lowest BCUT2D eigenvalue weighted by Crippen LogP contribution is -1.98. The van der Waals surface area contributed by atoms with E-state index in [0.717, 1.165) is 11.5 Å². The van der Waals surface area contributed by atoms with Crippen LogP contribution in [0.15, 0.2) is 18.2 Å². The predicted octanol–water partition coefficient (Wildman–Crippen LogP) is 2.17. The third kappa shape index (κ3) is 1.96. The highest BCUT2D eigenvalue weighted by Crippen LogP contribution is 2.49. The number of ether oxygens (including phenoxy) is 2. The van der Waals surface area contributed by atoms with Crippen molar-refractivity contribution in [1.82, 2.24) is 0 Å². The van der Waals surface area contributed by atoms with Crippen molar-refractivity contribution in [1.29, 1.82) is 0 Å². The van der Waals surface area contributed by atoms with Crippen molar-refractivity contribution in [2.24, 2.45) is 0 Å². The molecule has 0 saturated heterocycles. The fraction of sp³-hybridized carbons (Fsp3) is 0.417. The topological polar surface area (TPSA) is 55.8 Å². The van der Waals surface area contributed by atoms with E-state index in [1.807, 2.05) is 6.07 Å². The van der Waals surface area contributed by atoms with Crippen LogP contribution in [0, 0.1) is 0 Å². The van der Waals surface area contributed by atoms with E-state index in [0.29, 0.717) is 12.2 Å². The molecule has 0 amide bonds. The second-order valence-electron chi connectivity index (χ2n) is 4.23. The average Bonchev–Trinajstić information content (AvgIpc) is 2.86. The second kappa shape index (κ2) is 4.04. The Morgan fingerprint density at radius 2 is 1.94 bits per heavy atom. The molecule has 16 heavy (non-hydrogen) atoms. The Kier molecular flexibility index (Phi) is 2.73. The van der Waals surface area contributed by atoms with E-state index in [9.17, 15) is 0 Å². The SMILES string of the molecule is CC1(c2ccc3c(c2)OCO3)CC1.O=CO. The minimum Gasteiger partial charge on any atom is -0.483 e. The third-order valence-corrected chi connectivity index (χ3v) is 3.07. The van der Waals surface area contributed by atoms with Gasteiger partial charge in [0.05, 0.1) is 0 Å². The number of carbonyl (C=O) groups is 1. The molecule has 0 atom stereocenters. The van der Waals surface area contributed by atoms with Gasteiger partial charge in [0, 0.05) is 0 Å². The van der Waals surface area contributed by atoms with Gasteiger partial charge in [0.15, 0.2) is 11.5 Å².